The smallest absolute Gasteiger partial charge is 0.453 e. The van der Waals surface area contributed by atoms with Gasteiger partial charge in [0.1, 0.15) is 5.58 Å². The van der Waals surface area contributed by atoms with Crippen LogP contribution in [0.2, 0.25) is 0 Å². The lowest BCUT2D eigenvalue weighted by Crippen LogP contribution is -2.41. The summed E-state index contributed by atoms with van der Waals surface area (Å²) in [5, 5.41) is 0. The first kappa shape index (κ1) is 13.9. The van der Waals surface area contributed by atoms with Crippen LogP contribution in [0.3, 0.4) is 0 Å². The normalized spacial score (nSPS) is 14.1. The van der Waals surface area contributed by atoms with Crippen LogP contribution in [-0.2, 0) is 20.3 Å². The lowest BCUT2D eigenvalue weighted by Gasteiger charge is -2.09. The Morgan fingerprint density at radius 1 is 1.16 bits per heavy atom. The first-order valence-electron chi connectivity index (χ1n) is 4.36. The van der Waals surface area contributed by atoms with Gasteiger partial charge in [0.2, 0.25) is 0 Å². The van der Waals surface area contributed by atoms with Gasteiger partial charge in [-0.25, -0.2) is 8.42 Å². The predicted molar refractivity (Wildman–Crippen MR) is 55.1 cm³/mol. The lowest BCUT2D eigenvalue weighted by atomic mass is 10.3. The second-order valence-electron chi connectivity index (χ2n) is 3.28. The molecule has 0 saturated heterocycles. The first-order valence-corrected chi connectivity index (χ1v) is 7.25. The minimum absolute atomic E-state index is 0.0511. The fraction of sp³-hybridized carbons (Fsp3) is 0.143. The molecule has 2 aromatic rings. The van der Waals surface area contributed by atoms with Gasteiger partial charge in [-0.1, -0.05) is 4.13 Å². The van der Waals surface area contributed by atoms with Crippen molar-refractivity contribution in [1.29, 1.82) is 0 Å². The van der Waals surface area contributed by atoms with Crippen molar-refractivity contribution in [3.8, 4) is 5.75 Å². The van der Waals surface area contributed by atoms with Crippen molar-refractivity contribution in [2.24, 2.45) is 0 Å². The van der Waals surface area contributed by atoms with Gasteiger partial charge in [-0.3, -0.25) is 0 Å². The standard InChI is InChI=1S/C7H4F3NO6S2/c8-7(9,10)18(12,13)11-19(14,15)17-6-3-4-1-2-5(6)16-4/h1-3,11H. The van der Waals surface area contributed by atoms with Crippen molar-refractivity contribution >= 4 is 31.5 Å². The summed E-state index contributed by atoms with van der Waals surface area (Å²) in [6, 6.07) is 3.84. The van der Waals surface area contributed by atoms with E-state index in [9.17, 15) is 30.0 Å². The highest BCUT2D eigenvalue weighted by atomic mass is 32.3. The van der Waals surface area contributed by atoms with Gasteiger partial charge in [0, 0.05) is 6.07 Å². The molecule has 0 spiro atoms. The fourth-order valence-corrected chi connectivity index (χ4v) is 3.10. The largest absolute Gasteiger partial charge is 0.512 e. The molecule has 106 valence electrons. The molecule has 0 atom stereocenters. The zero-order chi connectivity index (χ0) is 14.5. The van der Waals surface area contributed by atoms with E-state index in [2.05, 4.69) is 4.18 Å². The van der Waals surface area contributed by atoms with E-state index in [4.69, 9.17) is 4.42 Å². The highest BCUT2D eigenvalue weighted by Crippen LogP contribution is 2.30. The van der Waals surface area contributed by atoms with E-state index in [1.165, 1.54) is 12.1 Å². The Kier molecular flexibility index (Phi) is 2.91. The van der Waals surface area contributed by atoms with Crippen LogP contribution in [0, 0.1) is 0 Å². The van der Waals surface area contributed by atoms with E-state index in [0.717, 1.165) is 6.07 Å². The Balaban J connectivity index is 2.23. The molecule has 1 N–H and O–H groups in total. The first-order chi connectivity index (χ1) is 8.50. The summed E-state index contributed by atoms with van der Waals surface area (Å²) in [4.78, 5) is 0. The van der Waals surface area contributed by atoms with Crippen LogP contribution in [0.25, 0.3) is 11.2 Å². The van der Waals surface area contributed by atoms with E-state index in [0.29, 0.717) is 4.13 Å². The Bertz CT molecular complexity index is 790. The summed E-state index contributed by atoms with van der Waals surface area (Å²) < 4.78 is 89.0. The minimum Gasteiger partial charge on any atom is -0.453 e. The molecule has 0 aliphatic rings. The van der Waals surface area contributed by atoms with Crippen molar-refractivity contribution in [2.75, 3.05) is 0 Å². The highest BCUT2D eigenvalue weighted by Gasteiger charge is 2.49. The summed E-state index contributed by atoms with van der Waals surface area (Å²) >= 11 is 0. The summed E-state index contributed by atoms with van der Waals surface area (Å²) in [5.41, 5.74) is -5.60. The second kappa shape index (κ2) is 3.98. The lowest BCUT2D eigenvalue weighted by molar-refractivity contribution is -0.0442. The number of benzene rings is 1. The molecule has 2 bridgehead atoms. The molecule has 0 amide bonds. The second-order valence-corrected chi connectivity index (χ2v) is 6.49. The van der Waals surface area contributed by atoms with Crippen LogP contribution in [0.5, 0.6) is 5.75 Å². The van der Waals surface area contributed by atoms with Crippen molar-refractivity contribution < 1.29 is 38.6 Å². The molecule has 0 fully saturated rings. The zero-order valence-corrected chi connectivity index (χ0v) is 10.3. The van der Waals surface area contributed by atoms with Crippen molar-refractivity contribution in [2.45, 2.75) is 5.51 Å². The fourth-order valence-electron chi connectivity index (χ4n) is 1.15. The third kappa shape index (κ3) is 2.74. The molecular weight excluding hydrogens is 315 g/mol. The summed E-state index contributed by atoms with van der Waals surface area (Å²) in [6.07, 6.45) is 0. The molecule has 0 aromatic carbocycles. The summed E-state index contributed by atoms with van der Waals surface area (Å²) in [6.45, 7) is 0. The quantitative estimate of drug-likeness (QED) is 0.899. The molecule has 2 aromatic heterocycles. The molecular formula is C7H4F3NO6S2. The molecule has 0 unspecified atom stereocenters. The van der Waals surface area contributed by atoms with Gasteiger partial charge < -0.3 is 8.60 Å². The molecule has 0 aliphatic carbocycles. The van der Waals surface area contributed by atoms with Gasteiger partial charge in [-0.15, -0.1) is 0 Å². The number of halogens is 3. The van der Waals surface area contributed by atoms with Crippen molar-refractivity contribution in [1.82, 2.24) is 4.13 Å². The third-order valence-corrected chi connectivity index (χ3v) is 4.56. The Morgan fingerprint density at radius 3 is 2.21 bits per heavy atom. The topological polar surface area (TPSA) is 103 Å². The van der Waals surface area contributed by atoms with Crippen molar-refractivity contribution in [3.05, 3.63) is 18.2 Å². The van der Waals surface area contributed by atoms with E-state index in [-0.39, 0.29) is 11.2 Å². The van der Waals surface area contributed by atoms with E-state index in [1.54, 1.807) is 0 Å². The molecule has 19 heavy (non-hydrogen) atoms. The number of furan rings is 2. The Hall–Kier alpha value is -1.53. The van der Waals surface area contributed by atoms with Gasteiger partial charge in [0.05, 0.1) is 0 Å². The van der Waals surface area contributed by atoms with E-state index < -0.39 is 31.6 Å². The zero-order valence-electron chi connectivity index (χ0n) is 8.63. The molecule has 2 rings (SSSR count). The minimum atomic E-state index is -6.08. The number of hydrogen-bond donors (Lipinski definition) is 1. The SMILES string of the molecule is O=S(=O)(NS(=O)(=O)C(F)(F)F)Oc1cc2ccc1o2. The van der Waals surface area contributed by atoms with Gasteiger partial charge >= 0.3 is 25.8 Å². The van der Waals surface area contributed by atoms with Crippen LogP contribution in [-0.4, -0.2) is 22.3 Å². The maximum absolute atomic E-state index is 12.0. The Morgan fingerprint density at radius 2 is 1.79 bits per heavy atom. The molecule has 0 saturated carbocycles. The van der Waals surface area contributed by atoms with E-state index >= 15 is 0 Å². The number of rotatable bonds is 4. The number of alkyl halides is 3. The van der Waals surface area contributed by atoms with Crippen LogP contribution >= 0.6 is 0 Å². The van der Waals surface area contributed by atoms with Crippen LogP contribution in [0.4, 0.5) is 13.2 Å². The maximum atomic E-state index is 12.0. The van der Waals surface area contributed by atoms with E-state index in [1.807, 2.05) is 0 Å². The number of sulfonamides is 1. The third-order valence-electron chi connectivity index (χ3n) is 1.86. The van der Waals surface area contributed by atoms with Crippen LogP contribution in [0.15, 0.2) is 22.6 Å². The molecule has 2 heterocycles. The Labute approximate surface area is 104 Å². The number of fused-ring (bicyclic) bond motifs is 2. The number of hydrogen-bond acceptors (Lipinski definition) is 6. The highest BCUT2D eigenvalue weighted by molar-refractivity contribution is 8.03. The molecule has 7 nitrogen and oxygen atoms in total. The predicted octanol–water partition coefficient (Wildman–Crippen LogP) is 0.933. The maximum Gasteiger partial charge on any atom is 0.512 e. The summed E-state index contributed by atoms with van der Waals surface area (Å²) in [7, 11) is -11.3. The van der Waals surface area contributed by atoms with Gasteiger partial charge in [0.15, 0.2) is 11.3 Å². The van der Waals surface area contributed by atoms with Gasteiger partial charge in [-0.2, -0.15) is 21.6 Å². The average Bonchev–Trinajstić information content (AvgIpc) is 2.73. The van der Waals surface area contributed by atoms with Crippen molar-refractivity contribution in [3.63, 3.8) is 0 Å². The molecule has 12 heteroatoms. The van der Waals surface area contributed by atoms with Gasteiger partial charge in [0.25, 0.3) is 0 Å². The molecule has 0 radical (unpaired) electrons. The monoisotopic (exact) mass is 319 g/mol. The number of nitrogens with one attached hydrogen (secondary N) is 1. The van der Waals surface area contributed by atoms with Crippen LogP contribution in [0.1, 0.15) is 0 Å². The van der Waals surface area contributed by atoms with Crippen LogP contribution < -0.4 is 8.31 Å². The average molecular weight is 319 g/mol. The molecule has 0 aliphatic heterocycles. The van der Waals surface area contributed by atoms with Gasteiger partial charge in [-0.05, 0) is 12.1 Å². The summed E-state index contributed by atoms with van der Waals surface area (Å²) in [5.74, 6) is -0.414.